The number of hydrogen-bond donors (Lipinski definition) is 1. The maximum absolute atomic E-state index is 12.6. The quantitative estimate of drug-likeness (QED) is 0.829. The summed E-state index contributed by atoms with van der Waals surface area (Å²) in [5.41, 5.74) is 0.803. The third-order valence-corrected chi connectivity index (χ3v) is 2.23. The number of nitrogens with one attached hydrogen (secondary N) is 1. The highest BCUT2D eigenvalue weighted by Gasteiger charge is 2.31. The predicted molar refractivity (Wildman–Crippen MR) is 68.7 cm³/mol. The van der Waals surface area contributed by atoms with Crippen LogP contribution in [0, 0.1) is 11.7 Å². The fourth-order valence-corrected chi connectivity index (χ4v) is 1.52. The summed E-state index contributed by atoms with van der Waals surface area (Å²) in [5.74, 6) is 0.540. The molecule has 0 radical (unpaired) electrons. The van der Waals surface area contributed by atoms with E-state index in [1.165, 1.54) is 12.1 Å². The second-order valence-electron chi connectivity index (χ2n) is 5.04. The molecular weight excluding hydrogens is 233 g/mol. The number of rotatable bonds is 1. The van der Waals surface area contributed by atoms with Crippen LogP contribution in [0.5, 0.6) is 0 Å². The minimum atomic E-state index is -0.424. The highest BCUT2D eigenvalue weighted by molar-refractivity contribution is 5.70. The van der Waals surface area contributed by atoms with Crippen molar-refractivity contribution in [2.45, 2.75) is 39.8 Å². The molecule has 1 aromatic carbocycles. The van der Waals surface area contributed by atoms with Crippen LogP contribution in [0.25, 0.3) is 0 Å². The van der Waals surface area contributed by atoms with Gasteiger partial charge in [-0.15, -0.1) is 0 Å². The summed E-state index contributed by atoms with van der Waals surface area (Å²) >= 11 is 0. The first-order valence-electron chi connectivity index (χ1n) is 6.12. The first-order chi connectivity index (χ1) is 8.40. The molecule has 1 amide bonds. The van der Waals surface area contributed by atoms with E-state index in [1.54, 1.807) is 12.1 Å². The molecule has 2 atom stereocenters. The summed E-state index contributed by atoms with van der Waals surface area (Å²) in [5, 5.41) is 2.63. The molecule has 1 aromatic rings. The summed E-state index contributed by atoms with van der Waals surface area (Å²) < 4.78 is 17.7. The normalized spacial score (nSPS) is 22.0. The van der Waals surface area contributed by atoms with Gasteiger partial charge in [-0.05, 0) is 30.5 Å². The molecule has 3 nitrogen and oxygen atoms in total. The average Bonchev–Trinajstić information content (AvgIpc) is 2.58. The maximum atomic E-state index is 12.6. The molecule has 1 aliphatic heterocycles. The zero-order chi connectivity index (χ0) is 13.7. The van der Waals surface area contributed by atoms with Crippen LogP contribution in [0.1, 0.15) is 39.4 Å². The van der Waals surface area contributed by atoms with E-state index in [4.69, 9.17) is 4.74 Å². The number of amides is 1. The van der Waals surface area contributed by atoms with Gasteiger partial charge in [-0.1, -0.05) is 32.9 Å². The van der Waals surface area contributed by atoms with Crippen molar-refractivity contribution in [2.24, 2.45) is 5.92 Å². The maximum Gasteiger partial charge on any atom is 0.408 e. The van der Waals surface area contributed by atoms with E-state index < -0.39 is 6.09 Å². The molecule has 0 aromatic heterocycles. The fraction of sp³-hybridized carbons (Fsp3) is 0.500. The molecule has 1 N–H and O–H groups in total. The molecule has 0 bridgehead atoms. The molecule has 4 heteroatoms. The lowest BCUT2D eigenvalue weighted by atomic mass is 10.0. The second-order valence-corrected chi connectivity index (χ2v) is 5.04. The van der Waals surface area contributed by atoms with Gasteiger partial charge in [-0.2, -0.15) is 0 Å². The van der Waals surface area contributed by atoms with Gasteiger partial charge in [0, 0.05) is 0 Å². The number of hydrogen-bond acceptors (Lipinski definition) is 2. The van der Waals surface area contributed by atoms with Gasteiger partial charge < -0.3 is 10.1 Å². The molecule has 18 heavy (non-hydrogen) atoms. The first-order valence-corrected chi connectivity index (χ1v) is 6.12. The minimum Gasteiger partial charge on any atom is -0.439 e. The molecule has 0 aliphatic carbocycles. The topological polar surface area (TPSA) is 38.3 Å². The summed E-state index contributed by atoms with van der Waals surface area (Å²) in [6.07, 6.45) is -0.741. The number of ether oxygens (including phenoxy) is 1. The lowest BCUT2D eigenvalue weighted by Gasteiger charge is -2.12. The van der Waals surface area contributed by atoms with Crippen molar-refractivity contribution in [3.8, 4) is 0 Å². The van der Waals surface area contributed by atoms with E-state index in [2.05, 4.69) is 26.1 Å². The lowest BCUT2D eigenvalue weighted by molar-refractivity contribution is 0.134. The van der Waals surface area contributed by atoms with Crippen LogP contribution in [-0.4, -0.2) is 12.1 Å². The van der Waals surface area contributed by atoms with E-state index in [0.717, 1.165) is 11.5 Å². The third kappa shape index (κ3) is 4.35. The van der Waals surface area contributed by atoms with Crippen LogP contribution < -0.4 is 5.32 Å². The van der Waals surface area contributed by atoms with Crippen molar-refractivity contribution >= 4 is 6.09 Å². The van der Waals surface area contributed by atoms with E-state index >= 15 is 0 Å². The Morgan fingerprint density at radius 3 is 2.11 bits per heavy atom. The zero-order valence-corrected chi connectivity index (χ0v) is 11.2. The van der Waals surface area contributed by atoms with Crippen molar-refractivity contribution < 1.29 is 13.9 Å². The van der Waals surface area contributed by atoms with Gasteiger partial charge in [0.15, 0.2) is 0 Å². The largest absolute Gasteiger partial charge is 0.439 e. The molecular formula is C14H20FNO2. The first kappa shape index (κ1) is 14.5. The Kier molecular flexibility index (Phi) is 5.13. The van der Waals surface area contributed by atoms with Crippen LogP contribution in [0.4, 0.5) is 9.18 Å². The van der Waals surface area contributed by atoms with Crippen LogP contribution in [-0.2, 0) is 4.74 Å². The van der Waals surface area contributed by atoms with Gasteiger partial charge >= 0.3 is 6.09 Å². The van der Waals surface area contributed by atoms with Crippen molar-refractivity contribution in [1.82, 2.24) is 5.32 Å². The Balaban J connectivity index is 0.000000357. The van der Waals surface area contributed by atoms with Crippen LogP contribution in [0.2, 0.25) is 0 Å². The Labute approximate surface area is 107 Å². The van der Waals surface area contributed by atoms with Crippen molar-refractivity contribution in [3.05, 3.63) is 35.6 Å². The number of carbonyl (C=O) groups excluding carboxylic acids is 1. The number of alkyl carbamates (subject to hydrolysis) is 1. The number of cyclic esters (lactones) is 1. The highest BCUT2D eigenvalue weighted by atomic mass is 19.1. The molecule has 0 unspecified atom stereocenters. The molecule has 1 aliphatic rings. The van der Waals surface area contributed by atoms with Gasteiger partial charge in [0.05, 0.1) is 6.04 Å². The summed E-state index contributed by atoms with van der Waals surface area (Å²) in [6.45, 7) is 8.35. The van der Waals surface area contributed by atoms with Gasteiger partial charge in [0.25, 0.3) is 0 Å². The van der Waals surface area contributed by atoms with Crippen molar-refractivity contribution in [2.75, 3.05) is 0 Å². The fourth-order valence-electron chi connectivity index (χ4n) is 1.52. The van der Waals surface area contributed by atoms with Gasteiger partial charge in [0.1, 0.15) is 11.9 Å². The Hall–Kier alpha value is -1.58. The highest BCUT2D eigenvalue weighted by Crippen LogP contribution is 2.25. The molecule has 100 valence electrons. The summed E-state index contributed by atoms with van der Waals surface area (Å²) in [4.78, 5) is 10.9. The molecule has 1 heterocycles. The van der Waals surface area contributed by atoms with E-state index in [-0.39, 0.29) is 18.0 Å². The monoisotopic (exact) mass is 253 g/mol. The predicted octanol–water partition coefficient (Wildman–Crippen LogP) is 3.66. The lowest BCUT2D eigenvalue weighted by Crippen LogP contribution is -2.23. The zero-order valence-electron chi connectivity index (χ0n) is 11.2. The van der Waals surface area contributed by atoms with Gasteiger partial charge in [0.2, 0.25) is 0 Å². The molecule has 1 saturated heterocycles. The molecule has 2 rings (SSSR count). The van der Waals surface area contributed by atoms with E-state index in [9.17, 15) is 9.18 Å². The molecule has 1 fully saturated rings. The molecule has 0 spiro atoms. The number of halogens is 1. The van der Waals surface area contributed by atoms with Gasteiger partial charge in [-0.3, -0.25) is 0 Å². The number of carbonyl (C=O) groups is 1. The smallest absolute Gasteiger partial charge is 0.408 e. The summed E-state index contributed by atoms with van der Waals surface area (Å²) in [7, 11) is 0. The minimum absolute atomic E-state index is 0.0760. The van der Waals surface area contributed by atoms with E-state index in [0.29, 0.717) is 0 Å². The summed E-state index contributed by atoms with van der Waals surface area (Å²) in [6, 6.07) is 5.88. The molecule has 0 saturated carbocycles. The van der Waals surface area contributed by atoms with Crippen molar-refractivity contribution in [3.63, 3.8) is 0 Å². The van der Waals surface area contributed by atoms with Crippen LogP contribution in [0.15, 0.2) is 24.3 Å². The van der Waals surface area contributed by atoms with Crippen molar-refractivity contribution in [1.29, 1.82) is 0 Å². The van der Waals surface area contributed by atoms with Gasteiger partial charge in [-0.25, -0.2) is 9.18 Å². The van der Waals surface area contributed by atoms with Crippen LogP contribution in [0.3, 0.4) is 0 Å². The average molecular weight is 253 g/mol. The second kappa shape index (κ2) is 6.38. The Morgan fingerprint density at radius 2 is 1.72 bits per heavy atom. The standard InChI is InChI=1S/C10H10FNO2.C4H10/c1-6-9(14-10(13)12-6)7-2-4-8(11)5-3-7;1-4(2)3/h2-6,9H,1H3,(H,12,13);4H,1-3H3/t6-,9+;/m1./s1. The number of benzene rings is 1. The Morgan fingerprint density at radius 1 is 1.22 bits per heavy atom. The SMILES string of the molecule is CC(C)C.C[C@H]1NC(=O)O[C@@H]1c1ccc(F)cc1. The van der Waals surface area contributed by atoms with Crippen LogP contribution >= 0.6 is 0 Å². The Bertz CT molecular complexity index is 387. The van der Waals surface area contributed by atoms with E-state index in [1.807, 2.05) is 6.92 Å². The third-order valence-electron chi connectivity index (χ3n) is 2.23.